The molecule has 0 spiro atoms. The number of hydrogen-bond acceptors (Lipinski definition) is 9. The molecular weight excluding hydrogens is 386 g/mol. The minimum Gasteiger partial charge on any atom is -0.330 e. The third-order valence-corrected chi connectivity index (χ3v) is 5.46. The summed E-state index contributed by atoms with van der Waals surface area (Å²) in [6.45, 7) is 2.97. The smallest absolute Gasteiger partial charge is 0.330 e. The van der Waals surface area contributed by atoms with Gasteiger partial charge in [0, 0.05) is 0 Å². The summed E-state index contributed by atoms with van der Waals surface area (Å²) >= 11 is 0. The van der Waals surface area contributed by atoms with E-state index in [4.69, 9.17) is 34.4 Å². The van der Waals surface area contributed by atoms with Crippen LogP contribution in [-0.2, 0) is 14.4 Å². The van der Waals surface area contributed by atoms with E-state index in [0.29, 0.717) is 77.4 Å². The van der Waals surface area contributed by atoms with Gasteiger partial charge in [0.2, 0.25) is 0 Å². The van der Waals surface area contributed by atoms with Gasteiger partial charge in [-0.25, -0.2) is 14.4 Å². The zero-order valence-corrected chi connectivity index (χ0v) is 18.6. The molecule has 3 atom stereocenters. The van der Waals surface area contributed by atoms with Gasteiger partial charge < -0.3 is 34.4 Å². The second-order valence-electron chi connectivity index (χ2n) is 7.81. The molecule has 0 aliphatic carbocycles. The van der Waals surface area contributed by atoms with Gasteiger partial charge in [-0.15, -0.1) is 4.48 Å². The minimum atomic E-state index is -1.04. The van der Waals surface area contributed by atoms with E-state index in [0.717, 1.165) is 0 Å². The largest absolute Gasteiger partial charge is 0.345 e. The van der Waals surface area contributed by atoms with Gasteiger partial charge in [0.1, 0.15) is 18.1 Å². The molecule has 0 aliphatic heterocycles. The Bertz CT molecular complexity index is 461. The molecule has 30 heavy (non-hydrogen) atoms. The third-order valence-electron chi connectivity index (χ3n) is 5.46. The first-order chi connectivity index (χ1) is 14.2. The molecule has 0 aliphatic rings. The number of likely N-dealkylation sites (N-methyl/N-ethyl adjacent to an activating group) is 1. The first-order valence-electron chi connectivity index (χ1n) is 11.1. The highest BCUT2D eigenvalue weighted by molar-refractivity contribution is 6.02. The molecule has 0 saturated heterocycles. The Morgan fingerprint density at radius 1 is 0.600 bits per heavy atom. The number of carbonyl (C=O) groups excluding carboxylic acids is 3. The summed E-state index contributed by atoms with van der Waals surface area (Å²) in [4.78, 5) is 40.1. The average Bonchev–Trinajstić information content (AvgIpc) is 2.74. The Morgan fingerprint density at radius 3 is 1.07 bits per heavy atom. The second-order valence-corrected chi connectivity index (χ2v) is 7.81. The van der Waals surface area contributed by atoms with E-state index in [9.17, 15) is 14.4 Å². The van der Waals surface area contributed by atoms with Crippen LogP contribution in [0.15, 0.2) is 0 Å². The van der Waals surface area contributed by atoms with Crippen LogP contribution in [0.1, 0.15) is 64.7 Å². The molecule has 0 bridgehead atoms. The van der Waals surface area contributed by atoms with Gasteiger partial charge in [-0.05, 0) is 84.3 Å². The maximum Gasteiger partial charge on any atom is 0.345 e. The van der Waals surface area contributed by atoms with Crippen LogP contribution in [0, 0.1) is 0 Å². The van der Waals surface area contributed by atoms with Crippen LogP contribution in [0.3, 0.4) is 0 Å². The van der Waals surface area contributed by atoms with Crippen molar-refractivity contribution in [3.8, 4) is 0 Å². The highest BCUT2D eigenvalue weighted by atomic mass is 16.2. The molecule has 0 saturated carbocycles. The van der Waals surface area contributed by atoms with Gasteiger partial charge in [0.25, 0.3) is 0 Å². The zero-order valence-electron chi connectivity index (χ0n) is 18.6. The average molecular weight is 431 g/mol. The lowest BCUT2D eigenvalue weighted by atomic mass is 10.00. The number of amides is 3. The number of unbranched alkanes of at least 4 members (excludes halogenated alkanes) is 3. The first-order valence-corrected chi connectivity index (χ1v) is 11.1. The van der Waals surface area contributed by atoms with Crippen LogP contribution in [0.25, 0.3) is 0 Å². The summed E-state index contributed by atoms with van der Waals surface area (Å²) in [6.07, 6.45) is 4.98. The van der Waals surface area contributed by atoms with Crippen molar-refractivity contribution < 1.29 is 18.9 Å². The van der Waals surface area contributed by atoms with Crippen molar-refractivity contribution in [3.05, 3.63) is 0 Å². The maximum atomic E-state index is 13.4. The monoisotopic (exact) mass is 430 g/mol. The van der Waals surface area contributed by atoms with Crippen LogP contribution in [0.5, 0.6) is 0 Å². The molecule has 0 heterocycles. The van der Waals surface area contributed by atoms with E-state index in [1.807, 2.05) is 0 Å². The maximum absolute atomic E-state index is 13.4. The SMILES string of the molecule is CC[N+](C(=O)[C@@H](N)CCCCN)(C(=O)[C@@H](N)CCCCN)C(=O)[C@@H](N)CCCCN. The van der Waals surface area contributed by atoms with Crippen molar-refractivity contribution in [2.24, 2.45) is 34.4 Å². The molecule has 0 aromatic heterocycles. The van der Waals surface area contributed by atoms with Gasteiger partial charge in [-0.2, -0.15) is 0 Å². The first kappa shape index (κ1) is 28.7. The van der Waals surface area contributed by atoms with E-state index in [1.165, 1.54) is 0 Å². The summed E-state index contributed by atoms with van der Waals surface area (Å²) in [5.74, 6) is -1.94. The van der Waals surface area contributed by atoms with Crippen molar-refractivity contribution in [3.63, 3.8) is 0 Å². The fraction of sp³-hybridized carbons (Fsp3) is 0.850. The van der Waals surface area contributed by atoms with Crippen molar-refractivity contribution in [2.75, 3.05) is 26.2 Å². The van der Waals surface area contributed by atoms with Gasteiger partial charge in [0.05, 0.1) is 6.54 Å². The normalized spacial score (nSPS) is 14.9. The number of quaternary nitrogens is 1. The molecule has 10 heteroatoms. The lowest BCUT2D eigenvalue weighted by Gasteiger charge is -2.35. The number of carbonyl (C=O) groups is 3. The van der Waals surface area contributed by atoms with E-state index < -0.39 is 40.3 Å². The zero-order chi connectivity index (χ0) is 23.2. The highest BCUT2D eigenvalue weighted by Crippen LogP contribution is 2.20. The fourth-order valence-corrected chi connectivity index (χ4v) is 3.54. The van der Waals surface area contributed by atoms with Crippen molar-refractivity contribution >= 4 is 17.7 Å². The van der Waals surface area contributed by atoms with Crippen LogP contribution in [-0.4, -0.2) is 66.5 Å². The van der Waals surface area contributed by atoms with Crippen LogP contribution >= 0.6 is 0 Å². The minimum absolute atomic E-state index is 0.0731. The Hall–Kier alpha value is -1.27. The molecule has 10 nitrogen and oxygen atoms in total. The predicted molar refractivity (Wildman–Crippen MR) is 118 cm³/mol. The highest BCUT2D eigenvalue weighted by Gasteiger charge is 2.55. The van der Waals surface area contributed by atoms with E-state index >= 15 is 0 Å². The standard InChI is InChI=1S/C20H44N7O3/c1-2-27(18(28)15(24)9-3-6-12-21,19(29)16(25)10-4-7-13-22)20(30)17(26)11-5-8-14-23/h15-17H,2-14,21-26H2,1H3/q+1/t15-,16-,17-/m0/s1. The molecule has 0 fully saturated rings. The van der Waals surface area contributed by atoms with Gasteiger partial charge in [-0.3, -0.25) is 0 Å². The van der Waals surface area contributed by atoms with E-state index in [2.05, 4.69) is 0 Å². The predicted octanol–water partition coefficient (Wildman–Crippen LogP) is -1.23. The third kappa shape index (κ3) is 8.10. The van der Waals surface area contributed by atoms with Crippen molar-refractivity contribution in [1.29, 1.82) is 0 Å². The Kier molecular flexibility index (Phi) is 14.9. The lowest BCUT2D eigenvalue weighted by molar-refractivity contribution is -0.703. The van der Waals surface area contributed by atoms with Crippen LogP contribution in [0.2, 0.25) is 0 Å². The molecule has 0 aromatic rings. The summed E-state index contributed by atoms with van der Waals surface area (Å²) < 4.78 is -1.04. The molecule has 3 amide bonds. The van der Waals surface area contributed by atoms with E-state index in [-0.39, 0.29) is 6.54 Å². The Labute approximate surface area is 180 Å². The summed E-state index contributed by atoms with van der Waals surface area (Å²) in [6, 6.07) is -2.93. The molecule has 0 rings (SSSR count). The van der Waals surface area contributed by atoms with Crippen LogP contribution in [0.4, 0.5) is 0 Å². The molecule has 0 radical (unpaired) electrons. The van der Waals surface area contributed by atoms with Crippen molar-refractivity contribution in [1.82, 2.24) is 0 Å². The summed E-state index contributed by atoms with van der Waals surface area (Å²) in [5.41, 5.74) is 34.9. The second kappa shape index (κ2) is 15.5. The summed E-state index contributed by atoms with van der Waals surface area (Å²) in [7, 11) is 0. The van der Waals surface area contributed by atoms with E-state index in [1.54, 1.807) is 6.92 Å². The number of rotatable bonds is 16. The lowest BCUT2D eigenvalue weighted by Crippen LogP contribution is -2.71. The number of nitrogens with zero attached hydrogens (tertiary/aromatic N) is 1. The van der Waals surface area contributed by atoms with Gasteiger partial charge >= 0.3 is 17.7 Å². The number of hydrogen-bond donors (Lipinski definition) is 6. The number of imide groups is 3. The van der Waals surface area contributed by atoms with Crippen LogP contribution < -0.4 is 34.4 Å². The number of nitrogens with two attached hydrogens (primary N) is 6. The van der Waals surface area contributed by atoms with Gasteiger partial charge in [0.15, 0.2) is 0 Å². The fourth-order valence-electron chi connectivity index (χ4n) is 3.54. The molecule has 12 N–H and O–H groups in total. The molecule has 0 unspecified atom stereocenters. The van der Waals surface area contributed by atoms with Crippen molar-refractivity contribution in [2.45, 2.75) is 82.8 Å². The Morgan fingerprint density at radius 2 is 0.867 bits per heavy atom. The Balaban J connectivity index is 5.80. The summed E-state index contributed by atoms with van der Waals surface area (Å²) in [5, 5.41) is 0. The molecule has 176 valence electrons. The molecule has 0 aromatic carbocycles. The van der Waals surface area contributed by atoms with Gasteiger partial charge in [-0.1, -0.05) is 0 Å². The topological polar surface area (TPSA) is 207 Å². The quantitative estimate of drug-likeness (QED) is 0.128. The molecular formula is C20H44N7O3+.